The highest BCUT2D eigenvalue weighted by atomic mass is 32.2. The molecule has 2 aromatic carbocycles. The second-order valence-electron chi connectivity index (χ2n) is 6.60. The number of hydrogen-bond acceptors (Lipinski definition) is 7. The summed E-state index contributed by atoms with van der Waals surface area (Å²) in [7, 11) is 3.28. The topological polar surface area (TPSA) is 60.4 Å². The van der Waals surface area contributed by atoms with Crippen LogP contribution in [0.2, 0.25) is 0 Å². The van der Waals surface area contributed by atoms with Gasteiger partial charge in [0.15, 0.2) is 5.17 Å². The number of carbonyl (C=O) groups is 1. The lowest BCUT2D eigenvalue weighted by Gasteiger charge is -2.34. The molecule has 0 saturated carbocycles. The highest BCUT2D eigenvalue weighted by Gasteiger charge is 2.39. The lowest BCUT2D eigenvalue weighted by molar-refractivity contribution is -0.139. The van der Waals surface area contributed by atoms with Crippen LogP contribution >= 0.6 is 11.8 Å². The van der Waals surface area contributed by atoms with Crippen LogP contribution in [0.3, 0.4) is 0 Å². The van der Waals surface area contributed by atoms with E-state index in [0.717, 1.165) is 27.3 Å². The highest BCUT2D eigenvalue weighted by molar-refractivity contribution is 8.16. The number of rotatable bonds is 5. The first kappa shape index (κ1) is 19.4. The zero-order valence-corrected chi connectivity index (χ0v) is 17.6. The van der Waals surface area contributed by atoms with E-state index in [1.807, 2.05) is 53.8 Å². The Morgan fingerprint density at radius 2 is 2.00 bits per heavy atom. The molecule has 0 aromatic heterocycles. The molecular weight excluding hydrogens is 388 g/mol. The maximum absolute atomic E-state index is 13.0. The fourth-order valence-electron chi connectivity index (χ4n) is 3.74. The molecule has 0 fully saturated rings. The lowest BCUT2D eigenvalue weighted by atomic mass is 9.90. The summed E-state index contributed by atoms with van der Waals surface area (Å²) in [6.07, 6.45) is 1.94. The van der Waals surface area contributed by atoms with E-state index < -0.39 is 6.04 Å². The Kier molecular flexibility index (Phi) is 5.24. The molecule has 2 heterocycles. The zero-order chi connectivity index (χ0) is 20.5. The van der Waals surface area contributed by atoms with E-state index in [1.54, 1.807) is 21.1 Å². The average molecular weight is 410 g/mol. The van der Waals surface area contributed by atoms with E-state index in [4.69, 9.17) is 14.2 Å². The van der Waals surface area contributed by atoms with Crippen LogP contribution in [0.5, 0.6) is 11.5 Å². The fourth-order valence-corrected chi connectivity index (χ4v) is 4.53. The Morgan fingerprint density at radius 1 is 1.21 bits per heavy atom. The van der Waals surface area contributed by atoms with Gasteiger partial charge in [-0.05, 0) is 48.2 Å². The van der Waals surface area contributed by atoms with E-state index in [9.17, 15) is 4.79 Å². The molecule has 0 bridgehead atoms. The van der Waals surface area contributed by atoms with Gasteiger partial charge in [0.25, 0.3) is 0 Å². The van der Waals surface area contributed by atoms with Crippen LogP contribution in [0, 0.1) is 0 Å². The van der Waals surface area contributed by atoms with Gasteiger partial charge in [-0.3, -0.25) is 0 Å². The van der Waals surface area contributed by atoms with Crippen molar-refractivity contribution in [1.82, 2.24) is 4.90 Å². The average Bonchev–Trinajstić information content (AvgIpc) is 3.19. The van der Waals surface area contributed by atoms with E-state index in [-0.39, 0.29) is 5.97 Å². The van der Waals surface area contributed by atoms with E-state index in [1.165, 1.54) is 11.8 Å². The summed E-state index contributed by atoms with van der Waals surface area (Å²) in [5, 5.41) is 4.77. The third kappa shape index (κ3) is 3.25. The molecule has 2 aliphatic heterocycles. The van der Waals surface area contributed by atoms with Crippen molar-refractivity contribution in [3.63, 3.8) is 0 Å². The molecule has 0 unspecified atom stereocenters. The van der Waals surface area contributed by atoms with Gasteiger partial charge in [0.05, 0.1) is 38.1 Å². The van der Waals surface area contributed by atoms with Crippen LogP contribution in [0.4, 0.5) is 0 Å². The Balaban J connectivity index is 2.02. The number of benzene rings is 2. The molecule has 0 aliphatic carbocycles. The number of aliphatic imine (C=N–C) groups is 1. The summed E-state index contributed by atoms with van der Waals surface area (Å²) in [6.45, 7) is 3.94. The van der Waals surface area contributed by atoms with Crippen LogP contribution in [0.1, 0.15) is 25.5 Å². The molecule has 2 aromatic rings. The number of thioether (sulfide) groups is 1. The van der Waals surface area contributed by atoms with Crippen LogP contribution < -0.4 is 9.47 Å². The quantitative estimate of drug-likeness (QED) is 0.670. The van der Waals surface area contributed by atoms with Crippen LogP contribution in [0.25, 0.3) is 10.8 Å². The van der Waals surface area contributed by atoms with E-state index in [2.05, 4.69) is 4.99 Å². The molecule has 0 radical (unpaired) electrons. The number of methoxy groups -OCH3 is 2. The van der Waals surface area contributed by atoms with Crippen molar-refractivity contribution in [3.05, 3.63) is 58.8 Å². The number of amidine groups is 1. The fraction of sp³-hybridized carbons (Fsp3) is 0.273. The van der Waals surface area contributed by atoms with Gasteiger partial charge in [-0.1, -0.05) is 23.9 Å². The van der Waals surface area contributed by atoms with Gasteiger partial charge in [0.2, 0.25) is 0 Å². The Hall–Kier alpha value is -2.93. The normalized spacial score (nSPS) is 18.0. The first-order valence-corrected chi connectivity index (χ1v) is 10.2. The Labute approximate surface area is 173 Å². The molecular formula is C22H22N2O4S. The first-order valence-electron chi connectivity index (χ1n) is 9.32. The molecule has 0 N–H and O–H groups in total. The van der Waals surface area contributed by atoms with Crippen LogP contribution in [-0.4, -0.2) is 36.9 Å². The number of esters is 1. The van der Waals surface area contributed by atoms with Gasteiger partial charge in [-0.15, -0.1) is 0 Å². The van der Waals surface area contributed by atoms with Crippen molar-refractivity contribution in [1.29, 1.82) is 0 Å². The summed E-state index contributed by atoms with van der Waals surface area (Å²) in [5.41, 5.74) is 2.04. The summed E-state index contributed by atoms with van der Waals surface area (Å²) < 4.78 is 16.6. The predicted octanol–water partition coefficient (Wildman–Crippen LogP) is 4.62. The maximum atomic E-state index is 13.0. The zero-order valence-electron chi connectivity index (χ0n) is 16.8. The molecule has 7 heteroatoms. The molecule has 2 aliphatic rings. The molecule has 150 valence electrons. The van der Waals surface area contributed by atoms with Crippen molar-refractivity contribution in [2.45, 2.75) is 19.9 Å². The second-order valence-corrected chi connectivity index (χ2v) is 7.47. The van der Waals surface area contributed by atoms with Crippen molar-refractivity contribution in [2.75, 3.05) is 20.8 Å². The monoisotopic (exact) mass is 410 g/mol. The summed E-state index contributed by atoms with van der Waals surface area (Å²) in [4.78, 5) is 19.6. The van der Waals surface area contributed by atoms with Gasteiger partial charge in [-0.25, -0.2) is 9.79 Å². The first-order chi connectivity index (χ1) is 14.1. The molecule has 0 spiro atoms. The largest absolute Gasteiger partial charge is 0.497 e. The van der Waals surface area contributed by atoms with E-state index >= 15 is 0 Å². The number of hydrogen-bond donors (Lipinski definition) is 0. The van der Waals surface area contributed by atoms with Gasteiger partial charge < -0.3 is 19.1 Å². The van der Waals surface area contributed by atoms with Crippen LogP contribution in [0.15, 0.2) is 58.2 Å². The summed E-state index contributed by atoms with van der Waals surface area (Å²) in [6, 6.07) is 9.42. The second kappa shape index (κ2) is 7.83. The van der Waals surface area contributed by atoms with Gasteiger partial charge >= 0.3 is 5.97 Å². The summed E-state index contributed by atoms with van der Waals surface area (Å²) >= 11 is 1.53. The maximum Gasteiger partial charge on any atom is 0.338 e. The Bertz CT molecular complexity index is 1070. The molecule has 0 saturated heterocycles. The van der Waals surface area contributed by atoms with Crippen molar-refractivity contribution in [2.24, 2.45) is 4.99 Å². The molecule has 29 heavy (non-hydrogen) atoms. The number of allylic oxidation sites excluding steroid dienone is 1. The molecule has 1 atom stereocenters. The standard InChI is InChI=1S/C22H22N2O4S/c1-5-28-21(25)18-13(2)23-22-24(10-11-29-22)20(18)19-16-12-15(26-3)8-6-14(16)7-9-17(19)27-4/h6-12,20H,5H2,1-4H3/t20-/m1/s1. The number of fused-ring (bicyclic) bond motifs is 2. The SMILES string of the molecule is CCOC(=O)C1=C(C)N=C2SC=CN2[C@H]1c1c(OC)ccc2ccc(OC)cc12. The van der Waals surface area contributed by atoms with Crippen LogP contribution in [-0.2, 0) is 9.53 Å². The minimum atomic E-state index is -0.418. The molecule has 6 nitrogen and oxygen atoms in total. The number of ether oxygens (including phenoxy) is 3. The lowest BCUT2D eigenvalue weighted by Crippen LogP contribution is -2.34. The van der Waals surface area contributed by atoms with Gasteiger partial charge in [0.1, 0.15) is 11.5 Å². The summed E-state index contributed by atoms with van der Waals surface area (Å²) in [5.74, 6) is 1.06. The minimum absolute atomic E-state index is 0.296. The number of carbonyl (C=O) groups excluding carboxylic acids is 1. The Morgan fingerprint density at radius 3 is 2.72 bits per heavy atom. The van der Waals surface area contributed by atoms with Crippen molar-refractivity contribution < 1.29 is 19.0 Å². The van der Waals surface area contributed by atoms with E-state index in [0.29, 0.717) is 23.6 Å². The molecule has 4 rings (SSSR count). The third-order valence-corrected chi connectivity index (χ3v) is 5.81. The van der Waals surface area contributed by atoms with Gasteiger partial charge in [0, 0.05) is 11.8 Å². The van der Waals surface area contributed by atoms with Gasteiger partial charge in [-0.2, -0.15) is 0 Å². The third-order valence-electron chi connectivity index (χ3n) is 5.04. The minimum Gasteiger partial charge on any atom is -0.497 e. The van der Waals surface area contributed by atoms with Crippen molar-refractivity contribution >= 4 is 33.7 Å². The number of nitrogens with zero attached hydrogens (tertiary/aromatic N) is 2. The highest BCUT2D eigenvalue weighted by Crippen LogP contribution is 2.46. The van der Waals surface area contributed by atoms with Crippen molar-refractivity contribution in [3.8, 4) is 11.5 Å². The predicted molar refractivity (Wildman–Crippen MR) is 115 cm³/mol. The smallest absolute Gasteiger partial charge is 0.338 e. The molecule has 0 amide bonds.